The van der Waals surface area contributed by atoms with Crippen molar-refractivity contribution in [3.8, 4) is 16.9 Å². The fourth-order valence-corrected chi connectivity index (χ4v) is 5.49. The summed E-state index contributed by atoms with van der Waals surface area (Å²) in [5.74, 6) is -0.539. The number of hydrogen-bond donors (Lipinski definition) is 1. The van der Waals surface area contributed by atoms with Gasteiger partial charge in [0.1, 0.15) is 22.9 Å². The molecule has 0 aliphatic heterocycles. The van der Waals surface area contributed by atoms with E-state index in [4.69, 9.17) is 9.47 Å². The Balaban J connectivity index is 1.41. The van der Waals surface area contributed by atoms with Crippen molar-refractivity contribution in [1.82, 2.24) is 14.8 Å². The lowest BCUT2D eigenvalue weighted by molar-refractivity contribution is -0.137. The summed E-state index contributed by atoms with van der Waals surface area (Å²) in [7, 11) is 2.95. The quantitative estimate of drug-likeness (QED) is 0.194. The standard InChI is InChI=1S/C26H23F3N4O4S2/c1-15-21(16-8-5-4-6-9-16)22(24(35)36-3)23(39-15)30-20(34)14-38-25-32-31-19(33(25)2)13-37-18-11-7-10-17(12-18)26(27,28)29/h4-12H,13-14H2,1-3H3,(H,30,34). The van der Waals surface area contributed by atoms with Crippen molar-refractivity contribution in [2.75, 3.05) is 18.2 Å². The van der Waals surface area contributed by atoms with Gasteiger partial charge in [-0.3, -0.25) is 4.79 Å². The molecule has 0 spiro atoms. The zero-order valence-electron chi connectivity index (χ0n) is 21.0. The van der Waals surface area contributed by atoms with Crippen LogP contribution in [0.2, 0.25) is 0 Å². The second-order valence-corrected chi connectivity index (χ2v) is 10.4. The minimum Gasteiger partial charge on any atom is -0.486 e. The van der Waals surface area contributed by atoms with E-state index in [9.17, 15) is 22.8 Å². The van der Waals surface area contributed by atoms with Crippen LogP contribution in [0, 0.1) is 6.92 Å². The summed E-state index contributed by atoms with van der Waals surface area (Å²) < 4.78 is 50.8. The molecule has 0 aliphatic carbocycles. The van der Waals surface area contributed by atoms with E-state index in [0.717, 1.165) is 34.3 Å². The molecule has 4 aromatic rings. The van der Waals surface area contributed by atoms with Gasteiger partial charge in [0.25, 0.3) is 0 Å². The molecule has 2 aromatic heterocycles. The molecule has 0 fully saturated rings. The van der Waals surface area contributed by atoms with Crippen molar-refractivity contribution in [2.45, 2.75) is 24.9 Å². The van der Waals surface area contributed by atoms with Crippen molar-refractivity contribution in [3.63, 3.8) is 0 Å². The highest BCUT2D eigenvalue weighted by Gasteiger charge is 2.30. The summed E-state index contributed by atoms with van der Waals surface area (Å²) >= 11 is 2.39. The molecule has 0 aliphatic rings. The Labute approximate surface area is 230 Å². The molecule has 13 heteroatoms. The van der Waals surface area contributed by atoms with E-state index in [1.54, 1.807) is 11.6 Å². The number of hydrogen-bond acceptors (Lipinski definition) is 8. The molecule has 8 nitrogen and oxygen atoms in total. The van der Waals surface area contributed by atoms with Crippen molar-refractivity contribution in [1.29, 1.82) is 0 Å². The summed E-state index contributed by atoms with van der Waals surface area (Å²) in [6.45, 7) is 1.75. The maximum Gasteiger partial charge on any atom is 0.416 e. The number of benzene rings is 2. The Kier molecular flexibility index (Phi) is 8.60. The van der Waals surface area contributed by atoms with E-state index >= 15 is 0 Å². The smallest absolute Gasteiger partial charge is 0.416 e. The molecular formula is C26H23F3N4O4S2. The van der Waals surface area contributed by atoms with Crippen molar-refractivity contribution in [2.24, 2.45) is 7.05 Å². The van der Waals surface area contributed by atoms with Gasteiger partial charge in [0, 0.05) is 17.5 Å². The molecule has 204 valence electrons. The van der Waals surface area contributed by atoms with E-state index in [1.807, 2.05) is 37.3 Å². The molecule has 0 atom stereocenters. The van der Waals surface area contributed by atoms with E-state index in [2.05, 4.69) is 15.5 Å². The Bertz CT molecular complexity index is 1490. The van der Waals surface area contributed by atoms with Crippen LogP contribution in [0.25, 0.3) is 11.1 Å². The second-order valence-electron chi connectivity index (χ2n) is 8.20. The van der Waals surface area contributed by atoms with Gasteiger partial charge in [-0.25, -0.2) is 4.79 Å². The van der Waals surface area contributed by atoms with Crippen LogP contribution in [-0.2, 0) is 29.4 Å². The number of nitrogens with zero attached hydrogens (tertiary/aromatic N) is 3. The fourth-order valence-electron chi connectivity index (χ4n) is 3.68. The molecule has 0 bridgehead atoms. The Morgan fingerprint density at radius 3 is 2.54 bits per heavy atom. The molecule has 0 saturated heterocycles. The van der Waals surface area contributed by atoms with Crippen LogP contribution in [0.1, 0.15) is 26.6 Å². The van der Waals surface area contributed by atoms with Crippen LogP contribution in [0.5, 0.6) is 5.75 Å². The topological polar surface area (TPSA) is 95.3 Å². The van der Waals surface area contributed by atoms with Gasteiger partial charge in [-0.05, 0) is 30.7 Å². The maximum atomic E-state index is 12.9. The first-order valence-corrected chi connectivity index (χ1v) is 13.3. The predicted octanol–water partition coefficient (Wildman–Crippen LogP) is 5.97. The first-order valence-electron chi connectivity index (χ1n) is 11.5. The number of esters is 1. The number of halogens is 3. The number of thioether (sulfide) groups is 1. The van der Waals surface area contributed by atoms with E-state index in [1.165, 1.54) is 30.6 Å². The predicted molar refractivity (Wildman–Crippen MR) is 142 cm³/mol. The molecule has 39 heavy (non-hydrogen) atoms. The number of carbonyl (C=O) groups excluding carboxylic acids is 2. The van der Waals surface area contributed by atoms with Crippen LogP contribution >= 0.6 is 23.1 Å². The van der Waals surface area contributed by atoms with E-state index in [0.29, 0.717) is 21.5 Å². The van der Waals surface area contributed by atoms with Gasteiger partial charge in [0.05, 0.1) is 18.4 Å². The van der Waals surface area contributed by atoms with Gasteiger partial charge in [-0.1, -0.05) is 48.2 Å². The normalized spacial score (nSPS) is 11.3. The third-order valence-corrected chi connectivity index (χ3v) is 7.62. The van der Waals surface area contributed by atoms with Gasteiger partial charge < -0.3 is 19.4 Å². The molecule has 4 rings (SSSR count). The number of carbonyl (C=O) groups is 2. The number of aryl methyl sites for hydroxylation is 1. The minimum atomic E-state index is -4.48. The summed E-state index contributed by atoms with van der Waals surface area (Å²) in [6, 6.07) is 13.9. The largest absolute Gasteiger partial charge is 0.486 e. The Morgan fingerprint density at radius 1 is 1.10 bits per heavy atom. The van der Waals surface area contributed by atoms with Crippen LogP contribution < -0.4 is 10.1 Å². The van der Waals surface area contributed by atoms with Gasteiger partial charge in [0.15, 0.2) is 11.0 Å². The zero-order chi connectivity index (χ0) is 28.2. The monoisotopic (exact) mass is 576 g/mol. The lowest BCUT2D eigenvalue weighted by Crippen LogP contribution is -2.16. The summed E-state index contributed by atoms with van der Waals surface area (Å²) in [5, 5.41) is 11.7. The molecule has 0 radical (unpaired) electrons. The van der Waals surface area contributed by atoms with E-state index in [-0.39, 0.29) is 29.6 Å². The number of anilines is 1. The van der Waals surface area contributed by atoms with Gasteiger partial charge in [-0.15, -0.1) is 21.5 Å². The molecule has 0 unspecified atom stereocenters. The zero-order valence-corrected chi connectivity index (χ0v) is 22.7. The SMILES string of the molecule is COC(=O)c1c(NC(=O)CSc2nnc(COc3cccc(C(F)(F)F)c3)n2C)sc(C)c1-c1ccccc1. The summed E-state index contributed by atoms with van der Waals surface area (Å²) in [5.41, 5.74) is 1.01. The van der Waals surface area contributed by atoms with Crippen LogP contribution in [0.15, 0.2) is 59.8 Å². The third-order valence-electron chi connectivity index (χ3n) is 5.58. The fraction of sp³-hybridized carbons (Fsp3) is 0.231. The van der Waals surface area contributed by atoms with E-state index < -0.39 is 17.7 Å². The molecule has 2 aromatic carbocycles. The highest BCUT2D eigenvalue weighted by atomic mass is 32.2. The number of amides is 1. The molecule has 2 heterocycles. The second kappa shape index (κ2) is 11.9. The average molecular weight is 577 g/mol. The number of nitrogens with one attached hydrogen (secondary N) is 1. The average Bonchev–Trinajstić information content (AvgIpc) is 3.44. The molecule has 0 saturated carbocycles. The van der Waals surface area contributed by atoms with Crippen LogP contribution in [0.4, 0.5) is 18.2 Å². The maximum absolute atomic E-state index is 12.9. The highest BCUT2D eigenvalue weighted by molar-refractivity contribution is 7.99. The van der Waals surface area contributed by atoms with Crippen LogP contribution in [-0.4, -0.2) is 39.5 Å². The Hall–Kier alpha value is -3.84. The lowest BCUT2D eigenvalue weighted by atomic mass is 10.0. The van der Waals surface area contributed by atoms with Gasteiger partial charge >= 0.3 is 12.1 Å². The first-order chi connectivity index (χ1) is 18.6. The van der Waals surface area contributed by atoms with Gasteiger partial charge in [-0.2, -0.15) is 13.2 Å². The number of rotatable bonds is 9. The minimum absolute atomic E-state index is 0.0291. The Morgan fingerprint density at radius 2 is 1.85 bits per heavy atom. The third kappa shape index (κ3) is 6.60. The molecule has 1 N–H and O–H groups in total. The van der Waals surface area contributed by atoms with Crippen molar-refractivity contribution >= 4 is 40.0 Å². The highest BCUT2D eigenvalue weighted by Crippen LogP contribution is 2.40. The first kappa shape index (κ1) is 28.2. The number of aromatic nitrogens is 3. The molecular weight excluding hydrogens is 553 g/mol. The lowest BCUT2D eigenvalue weighted by Gasteiger charge is -2.10. The summed E-state index contributed by atoms with van der Waals surface area (Å²) in [6.07, 6.45) is -4.48. The summed E-state index contributed by atoms with van der Waals surface area (Å²) in [4.78, 5) is 26.3. The van der Waals surface area contributed by atoms with Crippen molar-refractivity contribution < 1.29 is 32.2 Å². The number of ether oxygens (including phenoxy) is 2. The molecule has 1 amide bonds. The van der Waals surface area contributed by atoms with Gasteiger partial charge in [0.2, 0.25) is 5.91 Å². The van der Waals surface area contributed by atoms with Crippen molar-refractivity contribution in [3.05, 3.63) is 76.4 Å². The number of alkyl halides is 3. The number of thiophene rings is 1. The van der Waals surface area contributed by atoms with Crippen LogP contribution in [0.3, 0.4) is 0 Å². The number of methoxy groups -OCH3 is 1.